The van der Waals surface area contributed by atoms with E-state index in [0.29, 0.717) is 22.6 Å². The molecule has 0 fully saturated rings. The summed E-state index contributed by atoms with van der Waals surface area (Å²) in [5.74, 6) is -0.485. The number of halogens is 2. The molecule has 0 bridgehead atoms. The first-order valence-electron chi connectivity index (χ1n) is 9.90. The molecule has 2 heterocycles. The predicted octanol–water partition coefficient (Wildman–Crippen LogP) is 4.62. The lowest BCUT2D eigenvalue weighted by atomic mass is 9.86. The van der Waals surface area contributed by atoms with Crippen molar-refractivity contribution in [2.75, 3.05) is 4.90 Å². The lowest BCUT2D eigenvalue weighted by Crippen LogP contribution is -2.35. The van der Waals surface area contributed by atoms with Crippen LogP contribution in [0.2, 0.25) is 0 Å². The highest BCUT2D eigenvalue weighted by atomic mass is 19.1. The predicted molar refractivity (Wildman–Crippen MR) is 112 cm³/mol. The normalized spacial score (nSPS) is 14.6. The Morgan fingerprint density at radius 3 is 2.42 bits per heavy atom. The Hall–Kier alpha value is -3.48. The van der Waals surface area contributed by atoms with Gasteiger partial charge in [-0.1, -0.05) is 6.07 Å². The number of nitrogens with one attached hydrogen (secondary N) is 1. The van der Waals surface area contributed by atoms with Crippen LogP contribution in [-0.2, 0) is 23.3 Å². The van der Waals surface area contributed by atoms with Gasteiger partial charge in [-0.2, -0.15) is 0 Å². The maximum atomic E-state index is 13.4. The Bertz CT molecular complexity index is 1160. The van der Waals surface area contributed by atoms with E-state index in [0.717, 1.165) is 17.4 Å². The zero-order valence-corrected chi connectivity index (χ0v) is 17.5. The average molecular weight is 424 g/mol. The number of amides is 2. The minimum atomic E-state index is -0.731. The van der Waals surface area contributed by atoms with Gasteiger partial charge in [0.15, 0.2) is 0 Å². The van der Waals surface area contributed by atoms with Gasteiger partial charge in [0.25, 0.3) is 5.91 Å². The second-order valence-corrected chi connectivity index (χ2v) is 8.22. The average Bonchev–Trinajstić information content (AvgIpc) is 3.20. The minimum Gasteiger partial charge on any atom is -0.464 e. The van der Waals surface area contributed by atoms with Crippen molar-refractivity contribution in [1.82, 2.24) is 5.32 Å². The van der Waals surface area contributed by atoms with Crippen LogP contribution in [0.25, 0.3) is 0 Å². The van der Waals surface area contributed by atoms with Crippen LogP contribution in [0.15, 0.2) is 52.9 Å². The molecule has 0 spiro atoms. The molecule has 0 radical (unpaired) electrons. The Morgan fingerprint density at radius 2 is 1.77 bits per heavy atom. The number of rotatable bonds is 5. The Labute approximate surface area is 178 Å². The van der Waals surface area contributed by atoms with Crippen molar-refractivity contribution in [1.29, 1.82) is 0 Å². The smallest absolute Gasteiger partial charge is 0.251 e. The van der Waals surface area contributed by atoms with Crippen molar-refractivity contribution in [2.45, 2.75) is 39.3 Å². The van der Waals surface area contributed by atoms with Crippen LogP contribution in [0.4, 0.5) is 14.5 Å². The first-order valence-corrected chi connectivity index (χ1v) is 9.90. The summed E-state index contributed by atoms with van der Waals surface area (Å²) in [6.07, 6.45) is 0. The Morgan fingerprint density at radius 1 is 1.06 bits per heavy atom. The van der Waals surface area contributed by atoms with E-state index in [9.17, 15) is 18.4 Å². The second-order valence-electron chi connectivity index (χ2n) is 8.22. The Kier molecular flexibility index (Phi) is 5.13. The summed E-state index contributed by atoms with van der Waals surface area (Å²) < 4.78 is 32.3. The third kappa shape index (κ3) is 3.95. The highest BCUT2D eigenvalue weighted by Crippen LogP contribution is 2.42. The monoisotopic (exact) mass is 424 g/mol. The van der Waals surface area contributed by atoms with E-state index in [-0.39, 0.29) is 19.0 Å². The maximum Gasteiger partial charge on any atom is 0.251 e. The lowest BCUT2D eigenvalue weighted by molar-refractivity contribution is -0.122. The van der Waals surface area contributed by atoms with E-state index < -0.39 is 23.0 Å². The zero-order chi connectivity index (χ0) is 22.3. The molecule has 0 atom stereocenters. The molecule has 3 aromatic rings. The highest BCUT2D eigenvalue weighted by molar-refractivity contribution is 6.08. The first-order chi connectivity index (χ1) is 14.6. The van der Waals surface area contributed by atoms with Crippen LogP contribution >= 0.6 is 0 Å². The number of carbonyl (C=O) groups is 2. The van der Waals surface area contributed by atoms with Crippen LogP contribution in [-0.4, -0.2) is 11.8 Å². The quantitative estimate of drug-likeness (QED) is 0.650. The van der Waals surface area contributed by atoms with E-state index in [1.165, 1.54) is 12.1 Å². The molecule has 160 valence electrons. The van der Waals surface area contributed by atoms with Gasteiger partial charge in [0.05, 0.1) is 12.0 Å². The number of fused-ring (bicyclic) bond motifs is 1. The summed E-state index contributed by atoms with van der Waals surface area (Å²) in [5, 5.41) is 2.67. The number of hydrogen-bond acceptors (Lipinski definition) is 3. The third-order valence-electron chi connectivity index (χ3n) is 5.49. The van der Waals surface area contributed by atoms with Crippen molar-refractivity contribution in [3.8, 4) is 0 Å². The highest BCUT2D eigenvalue weighted by Gasteiger charge is 2.44. The lowest BCUT2D eigenvalue weighted by Gasteiger charge is -2.19. The van der Waals surface area contributed by atoms with E-state index in [1.807, 2.05) is 32.9 Å². The SMILES string of the molecule is Cc1ccc(CN2C(=O)C(C)(C)c3ccc(C(=O)NCc4cc(F)cc(F)c4)cc32)o1. The summed E-state index contributed by atoms with van der Waals surface area (Å²) in [5.41, 5.74) is 1.41. The van der Waals surface area contributed by atoms with Gasteiger partial charge in [-0.25, -0.2) is 8.78 Å². The summed E-state index contributed by atoms with van der Waals surface area (Å²) in [6.45, 7) is 5.76. The molecule has 1 N–H and O–H groups in total. The van der Waals surface area contributed by atoms with Gasteiger partial charge in [0.1, 0.15) is 23.2 Å². The molecule has 0 saturated carbocycles. The molecule has 0 aliphatic carbocycles. The molecule has 7 heteroatoms. The van der Waals surface area contributed by atoms with Crippen molar-refractivity contribution < 1.29 is 22.8 Å². The van der Waals surface area contributed by atoms with Crippen LogP contribution in [0.1, 0.15) is 46.9 Å². The van der Waals surface area contributed by atoms with Gasteiger partial charge in [0.2, 0.25) is 5.91 Å². The van der Waals surface area contributed by atoms with Gasteiger partial charge in [0, 0.05) is 23.9 Å². The van der Waals surface area contributed by atoms with E-state index in [1.54, 1.807) is 23.1 Å². The maximum absolute atomic E-state index is 13.4. The summed E-state index contributed by atoms with van der Waals surface area (Å²) in [6, 6.07) is 11.9. The second kappa shape index (κ2) is 7.65. The van der Waals surface area contributed by atoms with Crippen molar-refractivity contribution in [3.63, 3.8) is 0 Å². The number of hydrogen-bond donors (Lipinski definition) is 1. The van der Waals surface area contributed by atoms with Gasteiger partial charge in [-0.15, -0.1) is 0 Å². The van der Waals surface area contributed by atoms with Gasteiger partial charge >= 0.3 is 0 Å². The summed E-state index contributed by atoms with van der Waals surface area (Å²) in [7, 11) is 0. The number of carbonyl (C=O) groups excluding carboxylic acids is 2. The topological polar surface area (TPSA) is 62.6 Å². The van der Waals surface area contributed by atoms with Crippen LogP contribution in [0, 0.1) is 18.6 Å². The molecular formula is C24H22F2N2O3. The van der Waals surface area contributed by atoms with Crippen LogP contribution in [0.5, 0.6) is 0 Å². The zero-order valence-electron chi connectivity index (χ0n) is 17.5. The van der Waals surface area contributed by atoms with Crippen LogP contribution in [0.3, 0.4) is 0 Å². The Balaban J connectivity index is 1.58. The molecule has 0 unspecified atom stereocenters. The number of nitrogens with zero attached hydrogens (tertiary/aromatic N) is 1. The molecule has 2 aromatic carbocycles. The number of furan rings is 1. The molecule has 2 amide bonds. The summed E-state index contributed by atoms with van der Waals surface area (Å²) >= 11 is 0. The largest absolute Gasteiger partial charge is 0.464 e. The molecule has 1 aromatic heterocycles. The van der Waals surface area contributed by atoms with Gasteiger partial charge in [-0.05, 0) is 68.3 Å². The molecule has 0 saturated heterocycles. The molecule has 4 rings (SSSR count). The van der Waals surface area contributed by atoms with Crippen molar-refractivity contribution >= 4 is 17.5 Å². The molecule has 5 nitrogen and oxygen atoms in total. The number of benzene rings is 2. The third-order valence-corrected chi connectivity index (χ3v) is 5.49. The van der Waals surface area contributed by atoms with E-state index >= 15 is 0 Å². The molecule has 1 aliphatic heterocycles. The molecular weight excluding hydrogens is 402 g/mol. The molecule has 1 aliphatic rings. The first kappa shape index (κ1) is 20.8. The van der Waals surface area contributed by atoms with Crippen molar-refractivity contribution in [3.05, 3.63) is 88.4 Å². The van der Waals surface area contributed by atoms with E-state index in [4.69, 9.17) is 4.42 Å². The standard InChI is InChI=1S/C24H22F2N2O3/c1-14-4-6-19(31-14)13-28-21-10-16(5-7-20(21)24(2,3)23(28)30)22(29)27-12-15-8-17(25)11-18(26)9-15/h4-11H,12-13H2,1-3H3,(H,27,29). The fourth-order valence-corrected chi connectivity index (χ4v) is 3.87. The van der Waals surface area contributed by atoms with E-state index in [2.05, 4.69) is 5.32 Å². The van der Waals surface area contributed by atoms with Gasteiger partial charge < -0.3 is 14.6 Å². The number of aryl methyl sites for hydroxylation is 1. The van der Waals surface area contributed by atoms with Crippen LogP contribution < -0.4 is 10.2 Å². The molecule has 31 heavy (non-hydrogen) atoms. The summed E-state index contributed by atoms with van der Waals surface area (Å²) in [4.78, 5) is 27.4. The number of anilines is 1. The van der Waals surface area contributed by atoms with Gasteiger partial charge in [-0.3, -0.25) is 9.59 Å². The minimum absolute atomic E-state index is 0.0234. The van der Waals surface area contributed by atoms with Crippen molar-refractivity contribution in [2.24, 2.45) is 0 Å². The fraction of sp³-hybridized carbons (Fsp3) is 0.250. The fourth-order valence-electron chi connectivity index (χ4n) is 3.87.